The number of rotatable bonds is 3. The molecule has 0 radical (unpaired) electrons. The lowest BCUT2D eigenvalue weighted by Crippen LogP contribution is -2.61. The van der Waals surface area contributed by atoms with Crippen molar-refractivity contribution in [2.45, 2.75) is 126 Å². The van der Waals surface area contributed by atoms with E-state index in [0.29, 0.717) is 17.3 Å². The second kappa shape index (κ2) is 7.70. The maximum absolute atomic E-state index is 12.1. The molecule has 3 heteroatoms. The molecule has 0 N–H and O–H groups in total. The van der Waals surface area contributed by atoms with Gasteiger partial charge in [-0.15, -0.1) is 0 Å². The van der Waals surface area contributed by atoms with Gasteiger partial charge in [-0.05, 0) is 122 Å². The molecular weight excluding hydrogens is 432 g/mol. The first-order chi connectivity index (χ1) is 16.2. The van der Waals surface area contributed by atoms with Crippen LogP contribution in [0.2, 0.25) is 0 Å². The van der Waals surface area contributed by atoms with Crippen LogP contribution in [0.25, 0.3) is 0 Å². The van der Waals surface area contributed by atoms with Gasteiger partial charge in [0, 0.05) is 11.4 Å². The molecule has 0 saturated heterocycles. The van der Waals surface area contributed by atoms with Gasteiger partial charge in [0.25, 0.3) is 0 Å². The van der Waals surface area contributed by atoms with E-state index in [1.165, 1.54) is 51.2 Å². The lowest BCUT2D eigenvalue weighted by Gasteiger charge is -2.69. The van der Waals surface area contributed by atoms with Crippen molar-refractivity contribution in [3.63, 3.8) is 0 Å². The van der Waals surface area contributed by atoms with Crippen LogP contribution in [0.4, 0.5) is 0 Å². The number of hydrogen-bond acceptors (Lipinski definition) is 3. The largest absolute Gasteiger partial charge is 0.550 e. The zero-order valence-electron chi connectivity index (χ0n) is 23.5. The summed E-state index contributed by atoms with van der Waals surface area (Å²) in [4.78, 5) is 23.7. The van der Waals surface area contributed by atoms with Crippen LogP contribution in [0, 0.1) is 50.2 Å². The van der Waals surface area contributed by atoms with Gasteiger partial charge in [0.2, 0.25) is 0 Å². The Kier molecular flexibility index (Phi) is 5.62. The Bertz CT molecular complexity index is 962. The number of aliphatic carboxylic acids is 1. The van der Waals surface area contributed by atoms with E-state index in [4.69, 9.17) is 0 Å². The predicted octanol–water partition coefficient (Wildman–Crippen LogP) is 6.89. The molecule has 5 aliphatic rings. The number of carboxylic acids is 1. The number of carbonyl (C=O) groups is 2. The first kappa shape index (κ1) is 25.5. The fourth-order valence-corrected chi connectivity index (χ4v) is 11.1. The first-order valence-corrected chi connectivity index (χ1v) is 14.5. The lowest BCUT2D eigenvalue weighted by atomic mass is 9.35. The molecule has 1 unspecified atom stereocenters. The molecule has 35 heavy (non-hydrogen) atoms. The third-order valence-electron chi connectivity index (χ3n) is 13.7. The molecule has 0 aromatic rings. The minimum Gasteiger partial charge on any atom is -0.550 e. The summed E-state index contributed by atoms with van der Waals surface area (Å²) in [6, 6.07) is 0. The second-order valence-electron chi connectivity index (χ2n) is 15.5. The maximum atomic E-state index is 12.1. The highest BCUT2D eigenvalue weighted by Crippen LogP contribution is 2.75. The van der Waals surface area contributed by atoms with Crippen LogP contribution in [-0.2, 0) is 9.59 Å². The Morgan fingerprint density at radius 2 is 1.54 bits per heavy atom. The van der Waals surface area contributed by atoms with Crippen molar-refractivity contribution in [1.29, 1.82) is 0 Å². The summed E-state index contributed by atoms with van der Waals surface area (Å²) < 4.78 is 0. The van der Waals surface area contributed by atoms with Gasteiger partial charge in [-0.1, -0.05) is 59.6 Å². The Morgan fingerprint density at radius 3 is 2.20 bits per heavy atom. The smallest absolute Gasteiger partial charge is 0.125 e. The molecule has 8 atom stereocenters. The maximum Gasteiger partial charge on any atom is 0.125 e. The van der Waals surface area contributed by atoms with E-state index in [0.717, 1.165) is 25.7 Å². The van der Waals surface area contributed by atoms with Crippen LogP contribution >= 0.6 is 0 Å². The molecule has 3 saturated carbocycles. The summed E-state index contributed by atoms with van der Waals surface area (Å²) >= 11 is 0. The minimum absolute atomic E-state index is 0.0214. The summed E-state index contributed by atoms with van der Waals surface area (Å²) in [5, 5.41) is 11.5. The molecule has 0 aromatic heterocycles. The van der Waals surface area contributed by atoms with E-state index < -0.39 is 5.97 Å². The molecule has 3 nitrogen and oxygen atoms in total. The SMILES string of the molecule is CC1(C)C2CCC3=C(CC[C@@]4(C)[C@@H]5C[C@](C)(C=O)CC[C@]5(C)CC[C@]34C)[C@@]2(C)CC[C@H]1CC(=O)[O-]. The average molecular weight is 482 g/mol. The molecule has 0 aromatic carbocycles. The van der Waals surface area contributed by atoms with E-state index in [-0.39, 0.29) is 39.4 Å². The van der Waals surface area contributed by atoms with Crippen molar-refractivity contribution in [1.82, 2.24) is 0 Å². The van der Waals surface area contributed by atoms with Gasteiger partial charge in [0.05, 0.1) is 0 Å². The van der Waals surface area contributed by atoms with Crippen molar-refractivity contribution in [3.8, 4) is 0 Å². The number of aldehydes is 1. The number of fused-ring (bicyclic) bond motifs is 6. The van der Waals surface area contributed by atoms with Crippen LogP contribution in [-0.4, -0.2) is 12.3 Å². The fourth-order valence-electron chi connectivity index (χ4n) is 11.1. The zero-order chi connectivity index (χ0) is 25.7. The van der Waals surface area contributed by atoms with Gasteiger partial charge in [-0.25, -0.2) is 0 Å². The highest BCUT2D eigenvalue weighted by Gasteiger charge is 2.66. The van der Waals surface area contributed by atoms with Crippen molar-refractivity contribution in [2.24, 2.45) is 50.2 Å². The Labute approximate surface area is 213 Å². The normalized spacial score (nSPS) is 50.9. The zero-order valence-corrected chi connectivity index (χ0v) is 23.5. The van der Waals surface area contributed by atoms with Gasteiger partial charge in [-0.2, -0.15) is 0 Å². The van der Waals surface area contributed by atoms with E-state index in [2.05, 4.69) is 48.5 Å². The van der Waals surface area contributed by atoms with Crippen LogP contribution in [0.3, 0.4) is 0 Å². The molecule has 0 heterocycles. The van der Waals surface area contributed by atoms with E-state index in [1.54, 1.807) is 11.1 Å². The summed E-state index contributed by atoms with van der Waals surface area (Å²) in [6.45, 7) is 17.2. The summed E-state index contributed by atoms with van der Waals surface area (Å²) in [5.41, 5.74) is 4.40. The molecule has 5 rings (SSSR count). The minimum atomic E-state index is -0.886. The van der Waals surface area contributed by atoms with Gasteiger partial charge in [0.1, 0.15) is 6.29 Å². The highest BCUT2D eigenvalue weighted by atomic mass is 16.4. The quantitative estimate of drug-likeness (QED) is 0.326. The Morgan fingerprint density at radius 1 is 0.857 bits per heavy atom. The van der Waals surface area contributed by atoms with Crippen LogP contribution < -0.4 is 5.11 Å². The molecule has 0 amide bonds. The molecule has 196 valence electrons. The van der Waals surface area contributed by atoms with Gasteiger partial charge in [-0.3, -0.25) is 0 Å². The third kappa shape index (κ3) is 3.34. The van der Waals surface area contributed by atoms with Gasteiger partial charge < -0.3 is 14.7 Å². The first-order valence-electron chi connectivity index (χ1n) is 14.5. The van der Waals surface area contributed by atoms with Gasteiger partial charge >= 0.3 is 0 Å². The lowest BCUT2D eigenvalue weighted by molar-refractivity contribution is -0.308. The Hall–Kier alpha value is -1.12. The van der Waals surface area contributed by atoms with Crippen LogP contribution in [0.15, 0.2) is 11.1 Å². The molecule has 0 aliphatic heterocycles. The number of allylic oxidation sites excluding steroid dienone is 2. The third-order valence-corrected chi connectivity index (χ3v) is 13.7. The Balaban J connectivity index is 1.54. The standard InChI is InChI=1S/C32H50O3/c1-27(2)21(18-26(34)35)10-12-30(5)22-11-13-32(7)25-19-28(3,20-33)14-15-29(25,4)16-17-31(32,6)23(22)8-9-24(27)30/h20-21,24-25H,8-19H2,1-7H3,(H,34,35)/p-1/t21-,24?,25+,28+,29+,30+,31+,32-/m0/s1. The molecule has 5 aliphatic carbocycles. The van der Waals surface area contributed by atoms with E-state index in [9.17, 15) is 14.7 Å². The monoisotopic (exact) mass is 481 g/mol. The second-order valence-corrected chi connectivity index (χ2v) is 15.5. The molecule has 3 fully saturated rings. The molecule has 0 spiro atoms. The highest BCUT2D eigenvalue weighted by molar-refractivity contribution is 5.64. The predicted molar refractivity (Wildman–Crippen MR) is 138 cm³/mol. The topological polar surface area (TPSA) is 57.2 Å². The summed E-state index contributed by atoms with van der Waals surface area (Å²) in [6.07, 6.45) is 14.3. The van der Waals surface area contributed by atoms with Crippen LogP contribution in [0.1, 0.15) is 126 Å². The number of hydrogen-bond donors (Lipinski definition) is 0. The van der Waals surface area contributed by atoms with Crippen molar-refractivity contribution in [3.05, 3.63) is 11.1 Å². The van der Waals surface area contributed by atoms with E-state index in [1.807, 2.05) is 0 Å². The summed E-state index contributed by atoms with van der Waals surface area (Å²) in [7, 11) is 0. The summed E-state index contributed by atoms with van der Waals surface area (Å²) in [5.74, 6) is 0.480. The van der Waals surface area contributed by atoms with Gasteiger partial charge in [0.15, 0.2) is 0 Å². The van der Waals surface area contributed by atoms with Crippen molar-refractivity contribution in [2.75, 3.05) is 0 Å². The number of carboxylic acid groups (broad SMARTS) is 1. The number of carbonyl (C=O) groups excluding carboxylic acids is 2. The van der Waals surface area contributed by atoms with Crippen molar-refractivity contribution >= 4 is 12.3 Å². The van der Waals surface area contributed by atoms with Crippen LogP contribution in [0.5, 0.6) is 0 Å². The molecular formula is C32H49O3-. The average Bonchev–Trinajstić information content (AvgIpc) is 2.78. The van der Waals surface area contributed by atoms with Crippen molar-refractivity contribution < 1.29 is 14.7 Å². The van der Waals surface area contributed by atoms with E-state index >= 15 is 0 Å². The fraction of sp³-hybridized carbons (Fsp3) is 0.875. The molecule has 0 bridgehead atoms.